The molecule has 1 aromatic carbocycles. The number of carboxylic acids is 1. The minimum atomic E-state index is -1.07. The number of nitrogens with one attached hydrogen (secondary N) is 1. The standard InChI is InChI=1S/C16H23NO3/c1-10-7-8-11(2)12(9-10)13(18)17-16(5,6)15(3,4)14(19)20/h7-9H,1-6H3,(H,17,18)(H,19,20). The lowest BCUT2D eigenvalue weighted by atomic mass is 9.74. The van der Waals surface area contributed by atoms with Gasteiger partial charge in [-0.2, -0.15) is 0 Å². The van der Waals surface area contributed by atoms with Crippen molar-refractivity contribution in [2.45, 2.75) is 47.1 Å². The molecule has 0 radical (unpaired) electrons. The third-order valence-corrected chi connectivity index (χ3v) is 4.16. The summed E-state index contributed by atoms with van der Waals surface area (Å²) in [5.74, 6) is -1.19. The van der Waals surface area contributed by atoms with Gasteiger partial charge in [0.2, 0.25) is 0 Å². The van der Waals surface area contributed by atoms with Gasteiger partial charge < -0.3 is 10.4 Å². The zero-order valence-corrected chi connectivity index (χ0v) is 13.0. The highest BCUT2D eigenvalue weighted by atomic mass is 16.4. The van der Waals surface area contributed by atoms with Gasteiger partial charge in [-0.05, 0) is 53.2 Å². The molecule has 0 aliphatic heterocycles. The molecule has 20 heavy (non-hydrogen) atoms. The van der Waals surface area contributed by atoms with Crippen LogP contribution in [0.2, 0.25) is 0 Å². The fraction of sp³-hybridized carbons (Fsp3) is 0.500. The molecule has 0 bridgehead atoms. The molecule has 0 aromatic heterocycles. The molecule has 110 valence electrons. The first kappa shape index (κ1) is 16.2. The van der Waals surface area contributed by atoms with Crippen molar-refractivity contribution in [3.8, 4) is 0 Å². The number of carbonyl (C=O) groups is 2. The van der Waals surface area contributed by atoms with Crippen molar-refractivity contribution in [1.82, 2.24) is 5.32 Å². The van der Waals surface area contributed by atoms with Crippen molar-refractivity contribution in [2.24, 2.45) is 5.41 Å². The lowest BCUT2D eigenvalue weighted by molar-refractivity contribution is -0.150. The molecule has 0 atom stereocenters. The van der Waals surface area contributed by atoms with Crippen molar-refractivity contribution in [2.75, 3.05) is 0 Å². The summed E-state index contributed by atoms with van der Waals surface area (Å²) in [5.41, 5.74) is 0.513. The van der Waals surface area contributed by atoms with Crippen molar-refractivity contribution < 1.29 is 14.7 Å². The van der Waals surface area contributed by atoms with E-state index in [4.69, 9.17) is 0 Å². The second-order valence-electron chi connectivity index (χ2n) is 6.33. The van der Waals surface area contributed by atoms with Gasteiger partial charge in [0.05, 0.1) is 11.0 Å². The lowest BCUT2D eigenvalue weighted by Crippen LogP contribution is -2.57. The van der Waals surface area contributed by atoms with Crippen LogP contribution in [-0.4, -0.2) is 22.5 Å². The Morgan fingerprint density at radius 2 is 1.65 bits per heavy atom. The normalized spacial score (nSPS) is 12.1. The number of carbonyl (C=O) groups excluding carboxylic acids is 1. The summed E-state index contributed by atoms with van der Waals surface area (Å²) in [6, 6.07) is 5.65. The van der Waals surface area contributed by atoms with E-state index in [0.29, 0.717) is 5.56 Å². The lowest BCUT2D eigenvalue weighted by Gasteiger charge is -2.38. The Labute approximate surface area is 120 Å². The van der Waals surface area contributed by atoms with Crippen molar-refractivity contribution in [1.29, 1.82) is 0 Å². The maximum Gasteiger partial charge on any atom is 0.311 e. The van der Waals surface area contributed by atoms with Gasteiger partial charge in [-0.1, -0.05) is 17.7 Å². The first-order valence-corrected chi connectivity index (χ1v) is 6.62. The van der Waals surface area contributed by atoms with Crippen LogP contribution in [0.1, 0.15) is 49.2 Å². The summed E-state index contributed by atoms with van der Waals surface area (Å²) in [6.07, 6.45) is 0. The first-order valence-electron chi connectivity index (χ1n) is 6.62. The van der Waals surface area contributed by atoms with E-state index in [1.807, 2.05) is 32.0 Å². The van der Waals surface area contributed by atoms with Crippen LogP contribution in [-0.2, 0) is 4.79 Å². The molecule has 4 heteroatoms. The van der Waals surface area contributed by atoms with Gasteiger partial charge in [0.1, 0.15) is 0 Å². The Kier molecular flexibility index (Phi) is 4.27. The molecule has 0 spiro atoms. The summed E-state index contributed by atoms with van der Waals surface area (Å²) < 4.78 is 0. The second-order valence-corrected chi connectivity index (χ2v) is 6.33. The number of aliphatic carboxylic acids is 1. The van der Waals surface area contributed by atoms with E-state index in [-0.39, 0.29) is 5.91 Å². The van der Waals surface area contributed by atoms with Crippen LogP contribution in [0.25, 0.3) is 0 Å². The van der Waals surface area contributed by atoms with E-state index >= 15 is 0 Å². The average Bonchev–Trinajstić information content (AvgIpc) is 2.31. The maximum atomic E-state index is 12.4. The third-order valence-electron chi connectivity index (χ3n) is 4.16. The zero-order valence-electron chi connectivity index (χ0n) is 13.0. The average molecular weight is 277 g/mol. The summed E-state index contributed by atoms with van der Waals surface area (Å²) in [4.78, 5) is 23.8. The summed E-state index contributed by atoms with van der Waals surface area (Å²) in [5, 5.41) is 12.2. The highest BCUT2D eigenvalue weighted by molar-refractivity contribution is 5.96. The Morgan fingerprint density at radius 1 is 1.10 bits per heavy atom. The van der Waals surface area contributed by atoms with Gasteiger partial charge >= 0.3 is 5.97 Å². The van der Waals surface area contributed by atoms with Gasteiger partial charge in [-0.15, -0.1) is 0 Å². The highest BCUT2D eigenvalue weighted by Gasteiger charge is 2.44. The SMILES string of the molecule is Cc1ccc(C)c(C(=O)NC(C)(C)C(C)(C)C(=O)O)c1. The van der Waals surface area contributed by atoms with Crippen LogP contribution >= 0.6 is 0 Å². The monoisotopic (exact) mass is 277 g/mol. The number of carboxylic acid groups (broad SMARTS) is 1. The molecule has 1 aromatic rings. The van der Waals surface area contributed by atoms with Crippen LogP contribution in [0.5, 0.6) is 0 Å². The van der Waals surface area contributed by atoms with E-state index in [2.05, 4.69) is 5.32 Å². The van der Waals surface area contributed by atoms with E-state index in [0.717, 1.165) is 11.1 Å². The van der Waals surface area contributed by atoms with Crippen molar-refractivity contribution >= 4 is 11.9 Å². The number of hydrogen-bond acceptors (Lipinski definition) is 2. The van der Waals surface area contributed by atoms with Crippen molar-refractivity contribution in [3.63, 3.8) is 0 Å². The van der Waals surface area contributed by atoms with Crippen molar-refractivity contribution in [3.05, 3.63) is 34.9 Å². The molecule has 0 aliphatic carbocycles. The summed E-state index contributed by atoms with van der Waals surface area (Å²) >= 11 is 0. The molecule has 1 amide bonds. The van der Waals surface area contributed by atoms with Gasteiger partial charge in [0.15, 0.2) is 0 Å². The molecule has 2 N–H and O–H groups in total. The number of hydrogen-bond donors (Lipinski definition) is 2. The second kappa shape index (κ2) is 5.27. The smallest absolute Gasteiger partial charge is 0.311 e. The topological polar surface area (TPSA) is 66.4 Å². The zero-order chi connectivity index (χ0) is 15.7. The molecular formula is C16H23NO3. The van der Waals surface area contributed by atoms with Gasteiger partial charge in [0, 0.05) is 5.56 Å². The molecule has 0 aliphatic rings. The van der Waals surface area contributed by atoms with E-state index < -0.39 is 16.9 Å². The number of rotatable bonds is 4. The van der Waals surface area contributed by atoms with Crippen LogP contribution in [0.4, 0.5) is 0 Å². The number of amides is 1. The number of aryl methyl sites for hydroxylation is 2. The Hall–Kier alpha value is -1.84. The van der Waals surface area contributed by atoms with Crippen LogP contribution < -0.4 is 5.32 Å². The fourth-order valence-corrected chi connectivity index (χ4v) is 1.76. The molecule has 4 nitrogen and oxygen atoms in total. The predicted molar refractivity (Wildman–Crippen MR) is 78.9 cm³/mol. The molecule has 0 heterocycles. The molecule has 0 fully saturated rings. The van der Waals surface area contributed by atoms with Gasteiger partial charge in [-0.25, -0.2) is 0 Å². The van der Waals surface area contributed by atoms with Gasteiger partial charge in [-0.3, -0.25) is 9.59 Å². The summed E-state index contributed by atoms with van der Waals surface area (Å²) in [6.45, 7) is 10.5. The van der Waals surface area contributed by atoms with Gasteiger partial charge in [0.25, 0.3) is 5.91 Å². The Bertz CT molecular complexity index is 545. The quantitative estimate of drug-likeness (QED) is 0.889. The molecular weight excluding hydrogens is 254 g/mol. The molecule has 0 unspecified atom stereocenters. The Morgan fingerprint density at radius 3 is 2.15 bits per heavy atom. The highest BCUT2D eigenvalue weighted by Crippen LogP contribution is 2.31. The van der Waals surface area contributed by atoms with Crippen LogP contribution in [0.3, 0.4) is 0 Å². The Balaban J connectivity index is 3.06. The maximum absolute atomic E-state index is 12.4. The molecule has 1 rings (SSSR count). The first-order chi connectivity index (χ1) is 8.99. The minimum absolute atomic E-state index is 0.245. The number of benzene rings is 1. The predicted octanol–water partition coefficient (Wildman–Crippen LogP) is 2.92. The molecule has 0 saturated heterocycles. The van der Waals surface area contributed by atoms with E-state index in [1.165, 1.54) is 0 Å². The van der Waals surface area contributed by atoms with E-state index in [9.17, 15) is 14.7 Å². The minimum Gasteiger partial charge on any atom is -0.481 e. The largest absolute Gasteiger partial charge is 0.481 e. The molecule has 0 saturated carbocycles. The summed E-state index contributed by atoms with van der Waals surface area (Å²) in [7, 11) is 0. The van der Waals surface area contributed by atoms with E-state index in [1.54, 1.807) is 27.7 Å². The van der Waals surface area contributed by atoms with Crippen LogP contribution in [0, 0.1) is 19.3 Å². The van der Waals surface area contributed by atoms with Crippen LogP contribution in [0.15, 0.2) is 18.2 Å². The third kappa shape index (κ3) is 3.00. The fourth-order valence-electron chi connectivity index (χ4n) is 1.76.